The van der Waals surface area contributed by atoms with Crippen molar-refractivity contribution in [3.63, 3.8) is 0 Å². The van der Waals surface area contributed by atoms with E-state index in [1.165, 1.54) is 12.1 Å². The van der Waals surface area contributed by atoms with Crippen molar-refractivity contribution in [3.05, 3.63) is 28.3 Å². The van der Waals surface area contributed by atoms with Gasteiger partial charge in [0.05, 0.1) is 4.92 Å². The number of nitrogens with zero attached hydrogens (tertiary/aromatic N) is 1. The number of rotatable bonds is 4. The molecule has 1 aromatic rings. The zero-order valence-corrected chi connectivity index (χ0v) is 7.77. The standard InChI is InChI=1S/C9H9N3O3/c1-2-6-15-8-5-3-4-7(11-10)9(8)12(13)14/h1,3-5,11H,6,10H2. The van der Waals surface area contributed by atoms with Crippen molar-refractivity contribution in [2.24, 2.45) is 5.84 Å². The number of para-hydroxylation sites is 1. The van der Waals surface area contributed by atoms with Crippen molar-refractivity contribution >= 4 is 11.4 Å². The Kier molecular flexibility index (Phi) is 3.49. The summed E-state index contributed by atoms with van der Waals surface area (Å²) in [6.07, 6.45) is 4.99. The van der Waals surface area contributed by atoms with Gasteiger partial charge in [-0.25, -0.2) is 0 Å². The minimum atomic E-state index is -0.582. The molecular weight excluding hydrogens is 198 g/mol. The topological polar surface area (TPSA) is 90.4 Å². The van der Waals surface area contributed by atoms with Crippen LogP contribution < -0.4 is 16.0 Å². The van der Waals surface area contributed by atoms with E-state index < -0.39 is 4.92 Å². The van der Waals surface area contributed by atoms with Crippen molar-refractivity contribution < 1.29 is 9.66 Å². The summed E-state index contributed by atoms with van der Waals surface area (Å²) in [6.45, 7) is -0.0329. The lowest BCUT2D eigenvalue weighted by Gasteiger charge is -2.06. The monoisotopic (exact) mass is 207 g/mol. The van der Waals surface area contributed by atoms with Gasteiger partial charge in [-0.05, 0) is 12.1 Å². The van der Waals surface area contributed by atoms with Crippen molar-refractivity contribution in [2.75, 3.05) is 12.0 Å². The third-order valence-corrected chi connectivity index (χ3v) is 1.65. The number of nitrogen functional groups attached to an aromatic ring is 1. The lowest BCUT2D eigenvalue weighted by atomic mass is 10.2. The van der Waals surface area contributed by atoms with Crippen LogP contribution in [0.3, 0.4) is 0 Å². The van der Waals surface area contributed by atoms with Crippen LogP contribution in [-0.2, 0) is 0 Å². The first-order chi connectivity index (χ1) is 7.20. The molecule has 0 saturated heterocycles. The Balaban J connectivity index is 3.14. The number of nitrogens with two attached hydrogens (primary N) is 1. The number of nitro benzene ring substituents is 1. The molecule has 0 spiro atoms. The number of ether oxygens (including phenoxy) is 1. The highest BCUT2D eigenvalue weighted by molar-refractivity contribution is 5.67. The lowest BCUT2D eigenvalue weighted by molar-refractivity contribution is -0.384. The smallest absolute Gasteiger partial charge is 0.335 e. The van der Waals surface area contributed by atoms with E-state index >= 15 is 0 Å². The average Bonchev–Trinajstić information content (AvgIpc) is 2.25. The van der Waals surface area contributed by atoms with Crippen LogP contribution in [0.2, 0.25) is 0 Å². The molecule has 0 saturated carbocycles. The molecule has 0 amide bonds. The molecule has 6 heteroatoms. The SMILES string of the molecule is C#CCOc1cccc(NN)c1[N+](=O)[O-]. The quantitative estimate of drug-likeness (QED) is 0.331. The van der Waals surface area contributed by atoms with E-state index in [0.717, 1.165) is 0 Å². The Morgan fingerprint density at radius 1 is 1.67 bits per heavy atom. The van der Waals surface area contributed by atoms with Gasteiger partial charge in [-0.3, -0.25) is 16.0 Å². The second-order valence-electron chi connectivity index (χ2n) is 2.55. The molecule has 0 atom stereocenters. The van der Waals surface area contributed by atoms with Gasteiger partial charge in [0.15, 0.2) is 0 Å². The molecule has 0 aromatic heterocycles. The first-order valence-corrected chi connectivity index (χ1v) is 4.01. The normalized spacial score (nSPS) is 9.07. The van der Waals surface area contributed by atoms with E-state index in [-0.39, 0.29) is 23.7 Å². The van der Waals surface area contributed by atoms with E-state index in [0.29, 0.717) is 0 Å². The summed E-state index contributed by atoms with van der Waals surface area (Å²) < 4.78 is 5.02. The number of terminal acetylenes is 1. The summed E-state index contributed by atoms with van der Waals surface area (Å²) >= 11 is 0. The minimum absolute atomic E-state index is 0.0329. The zero-order valence-electron chi connectivity index (χ0n) is 7.77. The van der Waals surface area contributed by atoms with Gasteiger partial charge >= 0.3 is 5.69 Å². The highest BCUT2D eigenvalue weighted by Crippen LogP contribution is 2.33. The number of nitrogens with one attached hydrogen (secondary N) is 1. The molecule has 0 unspecified atom stereocenters. The summed E-state index contributed by atoms with van der Waals surface area (Å²) in [6, 6.07) is 4.51. The number of hydrazine groups is 1. The molecule has 3 N–H and O–H groups in total. The maximum Gasteiger partial charge on any atom is 0.335 e. The first kappa shape index (κ1) is 10.8. The van der Waals surface area contributed by atoms with Crippen LogP contribution in [0.1, 0.15) is 0 Å². The molecule has 6 nitrogen and oxygen atoms in total. The second-order valence-corrected chi connectivity index (χ2v) is 2.55. The van der Waals surface area contributed by atoms with Crippen LogP contribution >= 0.6 is 0 Å². The van der Waals surface area contributed by atoms with Gasteiger partial charge in [-0.1, -0.05) is 12.0 Å². The lowest BCUT2D eigenvalue weighted by Crippen LogP contribution is -2.10. The fourth-order valence-electron chi connectivity index (χ4n) is 1.06. The van der Waals surface area contributed by atoms with Gasteiger partial charge < -0.3 is 10.2 Å². The summed E-state index contributed by atoms with van der Waals surface area (Å²) in [5.41, 5.74) is 2.17. The molecule has 78 valence electrons. The van der Waals surface area contributed by atoms with Gasteiger partial charge in [-0.2, -0.15) is 0 Å². The average molecular weight is 207 g/mol. The molecule has 0 bridgehead atoms. The van der Waals surface area contributed by atoms with Crippen LogP contribution in [0.4, 0.5) is 11.4 Å². The van der Waals surface area contributed by atoms with E-state index in [2.05, 4.69) is 11.3 Å². The molecule has 0 aliphatic rings. The Hall–Kier alpha value is -2.26. The van der Waals surface area contributed by atoms with Crippen LogP contribution in [0, 0.1) is 22.5 Å². The van der Waals surface area contributed by atoms with Gasteiger partial charge in [0, 0.05) is 0 Å². The number of benzene rings is 1. The van der Waals surface area contributed by atoms with E-state index in [1.54, 1.807) is 6.07 Å². The molecule has 1 aromatic carbocycles. The number of hydrogen-bond donors (Lipinski definition) is 2. The van der Waals surface area contributed by atoms with Gasteiger partial charge in [0.2, 0.25) is 5.75 Å². The second kappa shape index (κ2) is 4.83. The molecule has 1 rings (SSSR count). The van der Waals surface area contributed by atoms with E-state index in [9.17, 15) is 10.1 Å². The van der Waals surface area contributed by atoms with E-state index in [1.807, 2.05) is 0 Å². The van der Waals surface area contributed by atoms with Crippen LogP contribution in [0.25, 0.3) is 0 Å². The third kappa shape index (κ3) is 2.36. The molecule has 0 aliphatic heterocycles. The Bertz CT molecular complexity index is 412. The predicted octanol–water partition coefficient (Wildman–Crippen LogP) is 0.892. The number of anilines is 1. The van der Waals surface area contributed by atoms with Crippen molar-refractivity contribution in [2.45, 2.75) is 0 Å². The highest BCUT2D eigenvalue weighted by Gasteiger charge is 2.19. The molecular formula is C9H9N3O3. The zero-order chi connectivity index (χ0) is 11.3. The van der Waals surface area contributed by atoms with Crippen molar-refractivity contribution in [3.8, 4) is 18.1 Å². The molecule has 15 heavy (non-hydrogen) atoms. The first-order valence-electron chi connectivity index (χ1n) is 4.01. The molecule has 0 heterocycles. The minimum Gasteiger partial charge on any atom is -0.474 e. The van der Waals surface area contributed by atoms with Crippen molar-refractivity contribution in [1.29, 1.82) is 0 Å². The Morgan fingerprint density at radius 3 is 2.93 bits per heavy atom. The highest BCUT2D eigenvalue weighted by atomic mass is 16.6. The predicted molar refractivity (Wildman–Crippen MR) is 55.2 cm³/mol. The Morgan fingerprint density at radius 2 is 2.40 bits per heavy atom. The summed E-state index contributed by atoms with van der Waals surface area (Å²) in [5, 5.41) is 10.7. The summed E-state index contributed by atoms with van der Waals surface area (Å²) in [7, 11) is 0. The maximum atomic E-state index is 10.7. The largest absolute Gasteiger partial charge is 0.474 e. The van der Waals surface area contributed by atoms with Gasteiger partial charge in [0.1, 0.15) is 12.3 Å². The summed E-state index contributed by atoms with van der Waals surface area (Å²) in [4.78, 5) is 10.2. The fraction of sp³-hybridized carbons (Fsp3) is 0.111. The third-order valence-electron chi connectivity index (χ3n) is 1.65. The van der Waals surface area contributed by atoms with Gasteiger partial charge in [-0.15, -0.1) is 6.42 Å². The van der Waals surface area contributed by atoms with E-state index in [4.69, 9.17) is 17.0 Å². The maximum absolute atomic E-state index is 10.7. The van der Waals surface area contributed by atoms with Crippen molar-refractivity contribution in [1.82, 2.24) is 0 Å². The van der Waals surface area contributed by atoms with Crippen LogP contribution in [-0.4, -0.2) is 11.5 Å². The molecule has 0 fully saturated rings. The Labute approximate surface area is 86.2 Å². The number of nitro groups is 1. The van der Waals surface area contributed by atoms with Crippen LogP contribution in [0.15, 0.2) is 18.2 Å². The molecule has 0 aliphatic carbocycles. The van der Waals surface area contributed by atoms with Gasteiger partial charge in [0.25, 0.3) is 0 Å². The fourth-order valence-corrected chi connectivity index (χ4v) is 1.06. The molecule has 0 radical (unpaired) electrons. The van der Waals surface area contributed by atoms with Crippen LogP contribution in [0.5, 0.6) is 5.75 Å². The number of hydrogen-bond acceptors (Lipinski definition) is 5. The summed E-state index contributed by atoms with van der Waals surface area (Å²) in [5.74, 6) is 7.45.